The molecule has 1 unspecified atom stereocenters. The quantitative estimate of drug-likeness (QED) is 0.758. The van der Waals surface area contributed by atoms with E-state index in [0.717, 1.165) is 5.56 Å². The Morgan fingerprint density at radius 3 is 2.37 bits per heavy atom. The summed E-state index contributed by atoms with van der Waals surface area (Å²) in [5, 5.41) is 14.1. The molecular weight excluding hydrogens is 244 g/mol. The summed E-state index contributed by atoms with van der Waals surface area (Å²) in [6.45, 7) is 4.76. The van der Waals surface area contributed by atoms with Crippen LogP contribution < -0.4 is 10.6 Å². The molecule has 1 aromatic carbocycles. The number of amides is 2. The second kappa shape index (κ2) is 6.22. The molecule has 1 atom stereocenters. The van der Waals surface area contributed by atoms with E-state index in [1.165, 1.54) is 13.8 Å². The maximum Gasteiger partial charge on any atom is 0.328 e. The lowest BCUT2D eigenvalue weighted by Crippen LogP contribution is -2.54. The van der Waals surface area contributed by atoms with Gasteiger partial charge in [-0.2, -0.15) is 0 Å². The molecule has 5 heteroatoms. The molecule has 0 bridgehead atoms. The lowest BCUT2D eigenvalue weighted by Gasteiger charge is -2.23. The number of hydrogen-bond acceptors (Lipinski definition) is 2. The maximum atomic E-state index is 11.7. The first-order chi connectivity index (χ1) is 8.81. The molecule has 0 aliphatic carbocycles. The Morgan fingerprint density at radius 2 is 1.84 bits per heavy atom. The number of carbonyl (C=O) groups excluding carboxylic acids is 1. The molecule has 0 spiro atoms. The van der Waals surface area contributed by atoms with Crippen LogP contribution in [-0.2, 0) is 11.2 Å². The van der Waals surface area contributed by atoms with Crippen LogP contribution in [0.1, 0.15) is 26.3 Å². The third-order valence-electron chi connectivity index (χ3n) is 2.72. The number of rotatable bonds is 5. The van der Waals surface area contributed by atoms with Gasteiger partial charge in [-0.3, -0.25) is 0 Å². The summed E-state index contributed by atoms with van der Waals surface area (Å²) in [7, 11) is 0. The summed E-state index contributed by atoms with van der Waals surface area (Å²) in [6.07, 6.45) is 0.696. The number of urea groups is 1. The Bertz CT molecular complexity index is 443. The zero-order chi connectivity index (χ0) is 14.5. The van der Waals surface area contributed by atoms with Crippen molar-refractivity contribution in [1.29, 1.82) is 0 Å². The van der Waals surface area contributed by atoms with Crippen LogP contribution in [0.3, 0.4) is 0 Å². The summed E-state index contributed by atoms with van der Waals surface area (Å²) in [4.78, 5) is 22.6. The van der Waals surface area contributed by atoms with Crippen LogP contribution in [0.4, 0.5) is 4.79 Å². The standard InChI is InChI=1S/C14H20N2O3/c1-10(9-11-7-5-4-6-8-11)15-13(19)16-14(2,3)12(17)18/h4-8,10H,9H2,1-3H3,(H,17,18)(H2,15,16,19). The zero-order valence-electron chi connectivity index (χ0n) is 11.4. The van der Waals surface area contributed by atoms with Gasteiger partial charge in [-0.05, 0) is 32.8 Å². The summed E-state index contributed by atoms with van der Waals surface area (Å²) in [6, 6.07) is 9.23. The first-order valence-corrected chi connectivity index (χ1v) is 6.17. The van der Waals surface area contributed by atoms with E-state index in [9.17, 15) is 9.59 Å². The first kappa shape index (κ1) is 15.0. The summed E-state index contributed by atoms with van der Waals surface area (Å²) in [5.74, 6) is -1.07. The van der Waals surface area contributed by atoms with E-state index in [1.807, 2.05) is 37.3 Å². The highest BCUT2D eigenvalue weighted by molar-refractivity contribution is 5.85. The van der Waals surface area contributed by atoms with E-state index in [0.29, 0.717) is 6.42 Å². The minimum absolute atomic E-state index is 0.0769. The second-order valence-corrected chi connectivity index (χ2v) is 5.12. The smallest absolute Gasteiger partial charge is 0.328 e. The number of hydrogen-bond donors (Lipinski definition) is 3. The summed E-state index contributed by atoms with van der Waals surface area (Å²) < 4.78 is 0. The molecule has 0 aliphatic rings. The lowest BCUT2D eigenvalue weighted by molar-refractivity contribution is -0.142. The predicted octanol–water partition coefficient (Wildman–Crippen LogP) is 1.78. The fourth-order valence-electron chi connectivity index (χ4n) is 1.62. The third-order valence-corrected chi connectivity index (χ3v) is 2.72. The fraction of sp³-hybridized carbons (Fsp3) is 0.429. The Kier molecular flexibility index (Phi) is 4.92. The molecule has 2 amide bonds. The second-order valence-electron chi connectivity index (χ2n) is 5.12. The summed E-state index contributed by atoms with van der Waals surface area (Å²) >= 11 is 0. The van der Waals surface area contributed by atoms with Gasteiger partial charge in [0.05, 0.1) is 0 Å². The molecule has 5 nitrogen and oxygen atoms in total. The topological polar surface area (TPSA) is 78.4 Å². The van der Waals surface area contributed by atoms with E-state index in [-0.39, 0.29) is 6.04 Å². The van der Waals surface area contributed by atoms with Crippen LogP contribution in [0.2, 0.25) is 0 Å². The van der Waals surface area contributed by atoms with Crippen LogP contribution in [0.15, 0.2) is 30.3 Å². The van der Waals surface area contributed by atoms with Crippen LogP contribution >= 0.6 is 0 Å². The number of aliphatic carboxylic acids is 1. The largest absolute Gasteiger partial charge is 0.480 e. The monoisotopic (exact) mass is 264 g/mol. The lowest BCUT2D eigenvalue weighted by atomic mass is 10.1. The molecule has 0 fully saturated rings. The van der Waals surface area contributed by atoms with E-state index < -0.39 is 17.5 Å². The molecule has 0 heterocycles. The Balaban J connectivity index is 2.47. The maximum absolute atomic E-state index is 11.7. The van der Waals surface area contributed by atoms with E-state index in [1.54, 1.807) is 0 Å². The minimum atomic E-state index is -1.28. The van der Waals surface area contributed by atoms with Crippen molar-refractivity contribution >= 4 is 12.0 Å². The van der Waals surface area contributed by atoms with Crippen molar-refractivity contribution in [3.63, 3.8) is 0 Å². The molecule has 0 saturated heterocycles. The fourth-order valence-corrected chi connectivity index (χ4v) is 1.62. The van der Waals surface area contributed by atoms with E-state index >= 15 is 0 Å². The van der Waals surface area contributed by atoms with Gasteiger partial charge in [-0.1, -0.05) is 30.3 Å². The van der Waals surface area contributed by atoms with Crippen LogP contribution in [0.5, 0.6) is 0 Å². The van der Waals surface area contributed by atoms with Gasteiger partial charge in [0.2, 0.25) is 0 Å². The molecule has 1 rings (SSSR count). The van der Waals surface area contributed by atoms with Crippen molar-refractivity contribution in [2.24, 2.45) is 0 Å². The molecule has 0 saturated carbocycles. The molecule has 19 heavy (non-hydrogen) atoms. The van der Waals surface area contributed by atoms with Crippen LogP contribution in [0.25, 0.3) is 0 Å². The molecule has 104 valence electrons. The van der Waals surface area contributed by atoms with Crippen LogP contribution in [0, 0.1) is 0 Å². The highest BCUT2D eigenvalue weighted by Crippen LogP contribution is 2.04. The number of benzene rings is 1. The molecule has 0 aliphatic heterocycles. The van der Waals surface area contributed by atoms with Gasteiger partial charge >= 0.3 is 12.0 Å². The highest BCUT2D eigenvalue weighted by atomic mass is 16.4. The van der Waals surface area contributed by atoms with E-state index in [2.05, 4.69) is 10.6 Å². The predicted molar refractivity (Wildman–Crippen MR) is 73.0 cm³/mol. The normalized spacial score (nSPS) is 12.6. The average Bonchev–Trinajstić information content (AvgIpc) is 2.28. The Hall–Kier alpha value is -2.04. The number of carboxylic acid groups (broad SMARTS) is 1. The Morgan fingerprint density at radius 1 is 1.26 bits per heavy atom. The van der Waals surface area contributed by atoms with Crippen molar-refractivity contribution in [1.82, 2.24) is 10.6 Å². The van der Waals surface area contributed by atoms with Gasteiger partial charge in [0.25, 0.3) is 0 Å². The van der Waals surface area contributed by atoms with E-state index in [4.69, 9.17) is 5.11 Å². The van der Waals surface area contributed by atoms with Crippen molar-refractivity contribution < 1.29 is 14.7 Å². The Labute approximate surface area is 113 Å². The van der Waals surface area contributed by atoms with Crippen LogP contribution in [-0.4, -0.2) is 28.7 Å². The molecular formula is C14H20N2O3. The van der Waals surface area contributed by atoms with Gasteiger partial charge in [-0.25, -0.2) is 9.59 Å². The average molecular weight is 264 g/mol. The highest BCUT2D eigenvalue weighted by Gasteiger charge is 2.29. The first-order valence-electron chi connectivity index (χ1n) is 6.17. The SMILES string of the molecule is CC(Cc1ccccc1)NC(=O)NC(C)(C)C(=O)O. The summed E-state index contributed by atoms with van der Waals surface area (Å²) in [5.41, 5.74) is -0.163. The number of carbonyl (C=O) groups is 2. The zero-order valence-corrected chi connectivity index (χ0v) is 11.4. The van der Waals surface area contributed by atoms with Gasteiger partial charge in [0.1, 0.15) is 5.54 Å². The number of nitrogens with one attached hydrogen (secondary N) is 2. The molecule has 0 aromatic heterocycles. The molecule has 1 aromatic rings. The molecule has 3 N–H and O–H groups in total. The van der Waals surface area contributed by atoms with Gasteiger partial charge < -0.3 is 15.7 Å². The van der Waals surface area contributed by atoms with Crippen molar-refractivity contribution in [3.8, 4) is 0 Å². The minimum Gasteiger partial charge on any atom is -0.480 e. The van der Waals surface area contributed by atoms with Gasteiger partial charge in [0.15, 0.2) is 0 Å². The van der Waals surface area contributed by atoms with Gasteiger partial charge in [0, 0.05) is 6.04 Å². The third kappa shape index (κ3) is 4.99. The van der Waals surface area contributed by atoms with Crippen molar-refractivity contribution in [2.75, 3.05) is 0 Å². The van der Waals surface area contributed by atoms with Gasteiger partial charge in [-0.15, -0.1) is 0 Å². The van der Waals surface area contributed by atoms with Crippen molar-refractivity contribution in [3.05, 3.63) is 35.9 Å². The molecule has 0 radical (unpaired) electrons. The van der Waals surface area contributed by atoms with Crippen molar-refractivity contribution in [2.45, 2.75) is 38.8 Å². The number of carboxylic acids is 1.